The highest BCUT2D eigenvalue weighted by atomic mass is 16.5. The van der Waals surface area contributed by atoms with Crippen molar-refractivity contribution in [3.63, 3.8) is 0 Å². The van der Waals surface area contributed by atoms with Crippen LogP contribution in [0.25, 0.3) is 0 Å². The molecule has 84 valence electrons. The van der Waals surface area contributed by atoms with Crippen molar-refractivity contribution in [3.05, 3.63) is 24.2 Å². The maximum atomic E-state index is 5.48. The van der Waals surface area contributed by atoms with E-state index in [2.05, 4.69) is 5.32 Å². The van der Waals surface area contributed by atoms with Gasteiger partial charge in [-0.05, 0) is 37.9 Å². The van der Waals surface area contributed by atoms with E-state index in [9.17, 15) is 0 Å². The topological polar surface area (TPSA) is 34.4 Å². The number of furan rings is 1. The van der Waals surface area contributed by atoms with Gasteiger partial charge in [0.05, 0.1) is 6.26 Å². The lowest BCUT2D eigenvalue weighted by molar-refractivity contribution is 0.103. The minimum absolute atomic E-state index is 0.594. The van der Waals surface area contributed by atoms with Crippen LogP contribution in [0.15, 0.2) is 22.8 Å². The molecule has 0 unspecified atom stereocenters. The minimum atomic E-state index is 0.594. The molecule has 2 rings (SSSR count). The summed E-state index contributed by atoms with van der Waals surface area (Å²) in [5.74, 6) is 0.905. The first-order chi connectivity index (χ1) is 7.45. The van der Waals surface area contributed by atoms with Crippen LogP contribution in [-0.2, 0) is 11.3 Å². The maximum absolute atomic E-state index is 5.48. The molecule has 0 radical (unpaired) electrons. The van der Waals surface area contributed by atoms with Gasteiger partial charge in [-0.1, -0.05) is 6.42 Å². The molecule has 3 heteroatoms. The van der Waals surface area contributed by atoms with Gasteiger partial charge >= 0.3 is 0 Å². The van der Waals surface area contributed by atoms with Crippen molar-refractivity contribution in [2.75, 3.05) is 13.2 Å². The summed E-state index contributed by atoms with van der Waals surface area (Å²) in [6, 6.07) is 4.61. The van der Waals surface area contributed by atoms with E-state index in [0.29, 0.717) is 6.61 Å². The molecule has 1 N–H and O–H groups in total. The van der Waals surface area contributed by atoms with E-state index < -0.39 is 0 Å². The lowest BCUT2D eigenvalue weighted by Gasteiger charge is -2.26. The second kappa shape index (κ2) is 5.93. The lowest BCUT2D eigenvalue weighted by Crippen LogP contribution is -2.35. The second-order valence-electron chi connectivity index (χ2n) is 4.07. The lowest BCUT2D eigenvalue weighted by atomic mass is 9.93. The van der Waals surface area contributed by atoms with Gasteiger partial charge in [-0.3, -0.25) is 0 Å². The van der Waals surface area contributed by atoms with Gasteiger partial charge in [0, 0.05) is 12.6 Å². The normalized spacial score (nSPS) is 16.5. The minimum Gasteiger partial charge on any atom is -0.467 e. The SMILES string of the molecule is c1coc(COCCCNC2CCC2)c1. The average Bonchev–Trinajstić information content (AvgIpc) is 2.66. The smallest absolute Gasteiger partial charge is 0.129 e. The standard InChI is InChI=1S/C12H19NO2/c1-4-11(5-1)13-7-3-8-14-10-12-6-2-9-15-12/h2,6,9,11,13H,1,3-5,7-8,10H2. The van der Waals surface area contributed by atoms with Crippen LogP contribution in [0.4, 0.5) is 0 Å². The molecule has 0 bridgehead atoms. The van der Waals surface area contributed by atoms with Gasteiger partial charge in [0.2, 0.25) is 0 Å². The van der Waals surface area contributed by atoms with E-state index in [0.717, 1.165) is 31.4 Å². The number of rotatable bonds is 7. The van der Waals surface area contributed by atoms with Crippen LogP contribution in [0, 0.1) is 0 Å². The molecule has 1 heterocycles. The fourth-order valence-corrected chi connectivity index (χ4v) is 1.66. The van der Waals surface area contributed by atoms with Crippen LogP contribution < -0.4 is 5.32 Å². The number of hydrogen-bond donors (Lipinski definition) is 1. The Hall–Kier alpha value is -0.800. The van der Waals surface area contributed by atoms with Crippen molar-refractivity contribution in [3.8, 4) is 0 Å². The Morgan fingerprint density at radius 1 is 1.47 bits per heavy atom. The van der Waals surface area contributed by atoms with Gasteiger partial charge in [-0.2, -0.15) is 0 Å². The highest BCUT2D eigenvalue weighted by molar-refractivity contribution is 4.95. The van der Waals surface area contributed by atoms with Crippen LogP contribution in [0.1, 0.15) is 31.4 Å². The Morgan fingerprint density at radius 3 is 3.07 bits per heavy atom. The van der Waals surface area contributed by atoms with Crippen LogP contribution in [0.3, 0.4) is 0 Å². The highest BCUT2D eigenvalue weighted by Crippen LogP contribution is 2.17. The zero-order chi connectivity index (χ0) is 10.3. The Labute approximate surface area is 90.8 Å². The molecule has 0 spiro atoms. The van der Waals surface area contributed by atoms with Crippen molar-refractivity contribution in [1.29, 1.82) is 0 Å². The van der Waals surface area contributed by atoms with E-state index in [4.69, 9.17) is 9.15 Å². The third kappa shape index (κ3) is 3.68. The molecule has 1 aliphatic rings. The summed E-state index contributed by atoms with van der Waals surface area (Å²) in [6.07, 6.45) is 6.86. The molecule has 3 nitrogen and oxygen atoms in total. The molecular weight excluding hydrogens is 190 g/mol. The molecule has 1 fully saturated rings. The summed E-state index contributed by atoms with van der Waals surface area (Å²) in [5, 5.41) is 3.51. The third-order valence-corrected chi connectivity index (χ3v) is 2.83. The predicted octanol–water partition coefficient (Wildman–Crippen LogP) is 2.33. The summed E-state index contributed by atoms with van der Waals surface area (Å²) >= 11 is 0. The monoisotopic (exact) mass is 209 g/mol. The van der Waals surface area contributed by atoms with Gasteiger partial charge < -0.3 is 14.5 Å². The van der Waals surface area contributed by atoms with Crippen molar-refractivity contribution in [1.82, 2.24) is 5.32 Å². The molecule has 1 aliphatic carbocycles. The van der Waals surface area contributed by atoms with E-state index in [-0.39, 0.29) is 0 Å². The Balaban J connectivity index is 1.41. The van der Waals surface area contributed by atoms with Crippen molar-refractivity contribution in [2.24, 2.45) is 0 Å². The van der Waals surface area contributed by atoms with Crippen molar-refractivity contribution < 1.29 is 9.15 Å². The first kappa shape index (κ1) is 10.7. The zero-order valence-corrected chi connectivity index (χ0v) is 9.08. The van der Waals surface area contributed by atoms with Gasteiger partial charge in [0.25, 0.3) is 0 Å². The van der Waals surface area contributed by atoms with E-state index in [1.54, 1.807) is 6.26 Å². The quantitative estimate of drug-likeness (QED) is 0.700. The second-order valence-corrected chi connectivity index (χ2v) is 4.07. The van der Waals surface area contributed by atoms with E-state index >= 15 is 0 Å². The molecule has 0 aliphatic heterocycles. The molecule has 0 atom stereocenters. The molecular formula is C12H19NO2. The largest absolute Gasteiger partial charge is 0.467 e. The van der Waals surface area contributed by atoms with Crippen molar-refractivity contribution >= 4 is 0 Å². The summed E-state index contributed by atoms with van der Waals surface area (Å²) < 4.78 is 10.6. The van der Waals surface area contributed by atoms with Crippen LogP contribution >= 0.6 is 0 Å². The molecule has 0 amide bonds. The highest BCUT2D eigenvalue weighted by Gasteiger charge is 2.15. The maximum Gasteiger partial charge on any atom is 0.129 e. The average molecular weight is 209 g/mol. The van der Waals surface area contributed by atoms with E-state index in [1.807, 2.05) is 12.1 Å². The Morgan fingerprint density at radius 2 is 2.40 bits per heavy atom. The predicted molar refractivity (Wildman–Crippen MR) is 58.6 cm³/mol. The van der Waals surface area contributed by atoms with E-state index in [1.165, 1.54) is 19.3 Å². The summed E-state index contributed by atoms with van der Waals surface area (Å²) in [5.41, 5.74) is 0. The van der Waals surface area contributed by atoms with Crippen LogP contribution in [0.2, 0.25) is 0 Å². The zero-order valence-electron chi connectivity index (χ0n) is 9.08. The Bertz CT molecular complexity index is 255. The van der Waals surface area contributed by atoms with Crippen LogP contribution in [-0.4, -0.2) is 19.2 Å². The third-order valence-electron chi connectivity index (χ3n) is 2.83. The fourth-order valence-electron chi connectivity index (χ4n) is 1.66. The molecule has 0 aromatic carbocycles. The molecule has 1 aromatic rings. The molecule has 0 saturated heterocycles. The van der Waals surface area contributed by atoms with Gasteiger partial charge in [0.1, 0.15) is 12.4 Å². The van der Waals surface area contributed by atoms with Crippen molar-refractivity contribution in [2.45, 2.75) is 38.3 Å². The summed E-state index contributed by atoms with van der Waals surface area (Å²) in [4.78, 5) is 0. The Kier molecular flexibility index (Phi) is 4.23. The molecule has 1 saturated carbocycles. The molecule has 1 aromatic heterocycles. The number of nitrogens with one attached hydrogen (secondary N) is 1. The van der Waals surface area contributed by atoms with Gasteiger partial charge in [-0.15, -0.1) is 0 Å². The first-order valence-electron chi connectivity index (χ1n) is 5.78. The van der Waals surface area contributed by atoms with Gasteiger partial charge in [0.15, 0.2) is 0 Å². The fraction of sp³-hybridized carbons (Fsp3) is 0.667. The number of ether oxygens (including phenoxy) is 1. The summed E-state index contributed by atoms with van der Waals surface area (Å²) in [7, 11) is 0. The first-order valence-corrected chi connectivity index (χ1v) is 5.78. The summed E-state index contributed by atoms with van der Waals surface area (Å²) in [6.45, 7) is 2.47. The molecule has 15 heavy (non-hydrogen) atoms. The van der Waals surface area contributed by atoms with Crippen LogP contribution in [0.5, 0.6) is 0 Å². The van der Waals surface area contributed by atoms with Gasteiger partial charge in [-0.25, -0.2) is 0 Å². The number of hydrogen-bond acceptors (Lipinski definition) is 3.